The highest BCUT2D eigenvalue weighted by molar-refractivity contribution is 7.99. The molecule has 1 amide bonds. The van der Waals surface area contributed by atoms with Gasteiger partial charge < -0.3 is 5.32 Å². The van der Waals surface area contributed by atoms with Gasteiger partial charge in [-0.05, 0) is 62.2 Å². The van der Waals surface area contributed by atoms with Crippen molar-refractivity contribution >= 4 is 33.2 Å². The number of pyridine rings is 1. The number of hydrogen-bond acceptors (Lipinski definition) is 5. The van der Waals surface area contributed by atoms with Crippen LogP contribution in [0.5, 0.6) is 0 Å². The molecule has 0 atom stereocenters. The van der Waals surface area contributed by atoms with Gasteiger partial charge in [-0.1, -0.05) is 35.5 Å². The van der Waals surface area contributed by atoms with Gasteiger partial charge in [0, 0.05) is 23.0 Å². The third-order valence-electron chi connectivity index (χ3n) is 4.44. The van der Waals surface area contributed by atoms with Gasteiger partial charge in [0.1, 0.15) is 5.03 Å². The van der Waals surface area contributed by atoms with E-state index >= 15 is 0 Å². The maximum atomic E-state index is 13.0. The lowest BCUT2D eigenvalue weighted by atomic mass is 10.2. The summed E-state index contributed by atoms with van der Waals surface area (Å²) < 4.78 is 23.7. The molecule has 0 saturated carbocycles. The lowest BCUT2D eigenvalue weighted by Crippen LogP contribution is -2.15. The molecule has 29 heavy (non-hydrogen) atoms. The molecular weight excluding hydrogens is 404 g/mol. The van der Waals surface area contributed by atoms with Gasteiger partial charge in [-0.3, -0.25) is 4.79 Å². The van der Waals surface area contributed by atoms with Crippen LogP contribution in [0.3, 0.4) is 0 Å². The van der Waals surface area contributed by atoms with Crippen LogP contribution in [0.4, 0.5) is 5.69 Å². The lowest BCUT2D eigenvalue weighted by molar-refractivity contribution is 0.102. The molecular formula is C22H22N2O3S2. The fraction of sp³-hybridized carbons (Fsp3) is 0.182. The van der Waals surface area contributed by atoms with Gasteiger partial charge >= 0.3 is 0 Å². The van der Waals surface area contributed by atoms with Crippen LogP contribution in [0.25, 0.3) is 0 Å². The number of nitrogens with one attached hydrogen (secondary N) is 1. The van der Waals surface area contributed by atoms with Crippen molar-refractivity contribution in [3.63, 3.8) is 0 Å². The quantitative estimate of drug-likeness (QED) is 0.633. The summed E-state index contributed by atoms with van der Waals surface area (Å²) in [6.07, 6.45) is 2.79. The third kappa shape index (κ3) is 5.05. The molecule has 1 aromatic heterocycles. The van der Waals surface area contributed by atoms with Crippen molar-refractivity contribution in [1.29, 1.82) is 0 Å². The smallest absolute Gasteiger partial charge is 0.258 e. The molecule has 0 radical (unpaired) electrons. The van der Waals surface area contributed by atoms with Gasteiger partial charge in [-0.15, -0.1) is 0 Å². The van der Waals surface area contributed by atoms with Crippen molar-refractivity contribution < 1.29 is 13.2 Å². The summed E-state index contributed by atoms with van der Waals surface area (Å²) in [5.41, 5.74) is 3.96. The van der Waals surface area contributed by atoms with E-state index in [-0.39, 0.29) is 10.8 Å². The molecule has 0 spiro atoms. The van der Waals surface area contributed by atoms with Gasteiger partial charge in [-0.25, -0.2) is 13.4 Å². The third-order valence-corrected chi connectivity index (χ3v) is 6.75. The van der Waals surface area contributed by atoms with E-state index in [1.54, 1.807) is 24.4 Å². The number of sulfone groups is 1. The lowest BCUT2D eigenvalue weighted by Gasteiger charge is -2.13. The predicted octanol–water partition coefficient (Wildman–Crippen LogP) is 4.81. The second kappa shape index (κ2) is 8.39. The first kappa shape index (κ1) is 21.1. The van der Waals surface area contributed by atoms with Crippen LogP contribution in [0.2, 0.25) is 0 Å². The van der Waals surface area contributed by atoms with Crippen molar-refractivity contribution in [2.45, 2.75) is 35.6 Å². The Morgan fingerprint density at radius 3 is 2.45 bits per heavy atom. The number of carbonyl (C=O) groups excluding carboxylic acids is 1. The number of benzene rings is 2. The fourth-order valence-corrected chi connectivity index (χ4v) is 4.41. The minimum absolute atomic E-state index is 0.162. The maximum absolute atomic E-state index is 13.0. The molecule has 2 aromatic carbocycles. The first-order valence-corrected chi connectivity index (χ1v) is 11.7. The Morgan fingerprint density at radius 1 is 1.00 bits per heavy atom. The number of amides is 1. The molecule has 0 aliphatic heterocycles. The van der Waals surface area contributed by atoms with Crippen molar-refractivity contribution in [3.05, 3.63) is 77.0 Å². The molecule has 150 valence electrons. The van der Waals surface area contributed by atoms with Gasteiger partial charge in [0.05, 0.1) is 10.5 Å². The highest BCUT2D eigenvalue weighted by Crippen LogP contribution is 2.32. The molecule has 5 nitrogen and oxygen atoms in total. The average molecular weight is 427 g/mol. The topological polar surface area (TPSA) is 76.1 Å². The first-order valence-electron chi connectivity index (χ1n) is 8.97. The summed E-state index contributed by atoms with van der Waals surface area (Å²) in [6, 6.07) is 14.3. The van der Waals surface area contributed by atoms with Crippen molar-refractivity contribution in [2.24, 2.45) is 0 Å². The highest BCUT2D eigenvalue weighted by atomic mass is 32.2. The van der Waals surface area contributed by atoms with Crippen LogP contribution in [-0.4, -0.2) is 25.6 Å². The van der Waals surface area contributed by atoms with Gasteiger partial charge in [0.2, 0.25) is 0 Å². The Morgan fingerprint density at radius 2 is 1.76 bits per heavy atom. The highest BCUT2D eigenvalue weighted by Gasteiger charge is 2.17. The standard InChI is InChI=1S/C22H22N2O3S2/c1-14-7-10-20(16(3)12-14)28-22-18(6-5-11-23-22)21(25)24-19-13-17(29(4,26)27)9-8-15(19)2/h5-13H,1-4H3,(H,24,25). The van der Waals surface area contributed by atoms with Crippen molar-refractivity contribution in [1.82, 2.24) is 4.98 Å². The van der Waals surface area contributed by atoms with E-state index in [0.717, 1.165) is 22.3 Å². The number of rotatable bonds is 5. The van der Waals surface area contributed by atoms with Gasteiger partial charge in [-0.2, -0.15) is 0 Å². The Balaban J connectivity index is 1.91. The molecule has 0 aliphatic carbocycles. The summed E-state index contributed by atoms with van der Waals surface area (Å²) in [4.78, 5) is 18.5. The van der Waals surface area contributed by atoms with Crippen LogP contribution >= 0.6 is 11.8 Å². The zero-order chi connectivity index (χ0) is 21.2. The van der Waals surface area contributed by atoms with Gasteiger partial charge in [0.25, 0.3) is 5.91 Å². The summed E-state index contributed by atoms with van der Waals surface area (Å²) in [5, 5.41) is 3.42. The van der Waals surface area contributed by atoms with Crippen LogP contribution in [0, 0.1) is 20.8 Å². The molecule has 0 bridgehead atoms. The van der Waals surface area contributed by atoms with E-state index < -0.39 is 9.84 Å². The summed E-state index contributed by atoms with van der Waals surface area (Å²) in [6.45, 7) is 5.88. The van der Waals surface area contributed by atoms with Crippen molar-refractivity contribution in [2.75, 3.05) is 11.6 Å². The van der Waals surface area contributed by atoms with Gasteiger partial charge in [0.15, 0.2) is 9.84 Å². The minimum atomic E-state index is -3.37. The largest absolute Gasteiger partial charge is 0.322 e. The molecule has 0 aliphatic rings. The Labute approximate surface area is 175 Å². The monoisotopic (exact) mass is 426 g/mol. The second-order valence-electron chi connectivity index (χ2n) is 6.93. The molecule has 1 heterocycles. The van der Waals surface area contributed by atoms with E-state index in [1.807, 2.05) is 32.9 Å². The Kier molecular flexibility index (Phi) is 6.10. The molecule has 0 fully saturated rings. The average Bonchev–Trinajstić information content (AvgIpc) is 2.65. The first-order chi connectivity index (χ1) is 13.6. The SMILES string of the molecule is Cc1ccc(Sc2ncccc2C(=O)Nc2cc(S(C)(=O)=O)ccc2C)c(C)c1. The van der Waals surface area contributed by atoms with E-state index in [4.69, 9.17) is 0 Å². The van der Waals surface area contributed by atoms with Crippen LogP contribution < -0.4 is 5.32 Å². The number of nitrogens with zero attached hydrogens (tertiary/aromatic N) is 1. The van der Waals surface area contributed by atoms with E-state index in [1.165, 1.54) is 29.5 Å². The summed E-state index contributed by atoms with van der Waals surface area (Å²) >= 11 is 1.43. The second-order valence-corrected chi connectivity index (χ2v) is 9.98. The molecule has 3 rings (SSSR count). The normalized spacial score (nSPS) is 11.3. The summed E-state index contributed by atoms with van der Waals surface area (Å²) in [5.74, 6) is -0.334. The van der Waals surface area contributed by atoms with Crippen LogP contribution in [0.1, 0.15) is 27.0 Å². The van der Waals surface area contributed by atoms with Crippen LogP contribution in [-0.2, 0) is 9.84 Å². The zero-order valence-corrected chi connectivity index (χ0v) is 18.3. The maximum Gasteiger partial charge on any atom is 0.258 e. The van der Waals surface area contributed by atoms with Crippen LogP contribution in [0.15, 0.2) is 69.5 Å². The number of carbonyl (C=O) groups is 1. The molecule has 0 unspecified atom stereocenters. The number of aromatic nitrogens is 1. The fourth-order valence-electron chi connectivity index (χ4n) is 2.82. The Hall–Kier alpha value is -2.64. The van der Waals surface area contributed by atoms with E-state index in [0.29, 0.717) is 16.3 Å². The molecule has 3 aromatic rings. The van der Waals surface area contributed by atoms with E-state index in [2.05, 4.69) is 16.4 Å². The zero-order valence-electron chi connectivity index (χ0n) is 16.7. The summed E-state index contributed by atoms with van der Waals surface area (Å²) in [7, 11) is -3.37. The minimum Gasteiger partial charge on any atom is -0.322 e. The molecule has 1 N–H and O–H groups in total. The van der Waals surface area contributed by atoms with E-state index in [9.17, 15) is 13.2 Å². The van der Waals surface area contributed by atoms with Crippen molar-refractivity contribution in [3.8, 4) is 0 Å². The number of hydrogen-bond donors (Lipinski definition) is 1. The Bertz CT molecular complexity index is 1190. The predicted molar refractivity (Wildman–Crippen MR) is 117 cm³/mol. The molecule has 7 heteroatoms. The number of aryl methyl sites for hydroxylation is 3. The molecule has 0 saturated heterocycles. The number of anilines is 1.